The fourth-order valence-corrected chi connectivity index (χ4v) is 7.83. The molecule has 0 bridgehead atoms. The van der Waals surface area contributed by atoms with Gasteiger partial charge in [-0.1, -0.05) is 18.3 Å². The van der Waals surface area contributed by atoms with Gasteiger partial charge in [-0.15, -0.1) is 0 Å². The zero-order valence-electron chi connectivity index (χ0n) is 17.0. The fraction of sp³-hybridized carbons (Fsp3) is 0.333. The molecular weight excluding hydrogens is 567 g/mol. The summed E-state index contributed by atoms with van der Waals surface area (Å²) in [6.45, 7) is 1.47. The Kier molecular flexibility index (Phi) is 8.34. The van der Waals surface area contributed by atoms with Crippen molar-refractivity contribution in [2.45, 2.75) is 31.6 Å². The Hall–Kier alpha value is -1.80. The SMILES string of the molecule is CCSP(=S)(Nc1cc(C(F)(F)F)cc(C(F)(F)F)c1)Nc1cc(C(F)(F)F)cc(C(F)(F)F)c1. The van der Waals surface area contributed by atoms with Crippen LogP contribution in [0.25, 0.3) is 0 Å². The molecule has 2 N–H and O–H groups in total. The lowest BCUT2D eigenvalue weighted by Crippen LogP contribution is -2.14. The number of halogens is 12. The van der Waals surface area contributed by atoms with Gasteiger partial charge in [0.05, 0.1) is 22.3 Å². The van der Waals surface area contributed by atoms with Crippen LogP contribution in [-0.4, -0.2) is 5.75 Å². The Morgan fingerprint density at radius 1 is 0.600 bits per heavy atom. The molecular formula is C18H13F12N2PS2. The van der Waals surface area contributed by atoms with Crippen molar-refractivity contribution in [2.75, 3.05) is 15.9 Å². The lowest BCUT2D eigenvalue weighted by molar-refractivity contribution is -0.144. The summed E-state index contributed by atoms with van der Waals surface area (Å²) in [7, 11) is 0. The van der Waals surface area contributed by atoms with Gasteiger partial charge in [-0.25, -0.2) is 0 Å². The van der Waals surface area contributed by atoms with E-state index in [0.717, 1.165) is 0 Å². The smallest absolute Gasteiger partial charge is 0.334 e. The van der Waals surface area contributed by atoms with Crippen LogP contribution in [0.1, 0.15) is 29.2 Å². The zero-order chi connectivity index (χ0) is 27.0. The van der Waals surface area contributed by atoms with Gasteiger partial charge in [-0.05, 0) is 54.0 Å². The molecule has 196 valence electrons. The van der Waals surface area contributed by atoms with Gasteiger partial charge in [0, 0.05) is 11.4 Å². The molecule has 0 saturated heterocycles. The van der Waals surface area contributed by atoms with Crippen LogP contribution in [0.5, 0.6) is 0 Å². The number of hydrogen-bond donors (Lipinski definition) is 2. The third-order valence-corrected chi connectivity index (χ3v) is 9.68. The molecule has 0 aliphatic heterocycles. The van der Waals surface area contributed by atoms with Gasteiger partial charge in [0.15, 0.2) is 5.54 Å². The number of rotatable bonds is 6. The summed E-state index contributed by atoms with van der Waals surface area (Å²) in [5, 5.41) is 4.52. The molecule has 0 spiro atoms. The molecule has 0 aliphatic carbocycles. The van der Waals surface area contributed by atoms with Crippen LogP contribution in [0.15, 0.2) is 36.4 Å². The Balaban J connectivity index is 2.58. The highest BCUT2D eigenvalue weighted by atomic mass is 32.9. The van der Waals surface area contributed by atoms with E-state index in [1.165, 1.54) is 6.92 Å². The Morgan fingerprint density at radius 2 is 0.857 bits per heavy atom. The number of benzene rings is 2. The number of hydrogen-bond acceptors (Lipinski definition) is 2. The van der Waals surface area contributed by atoms with E-state index in [-0.39, 0.29) is 17.9 Å². The highest BCUT2D eigenvalue weighted by Crippen LogP contribution is 2.58. The maximum Gasteiger partial charge on any atom is 0.416 e. The van der Waals surface area contributed by atoms with Gasteiger partial charge in [0.25, 0.3) is 0 Å². The van der Waals surface area contributed by atoms with E-state index in [4.69, 9.17) is 11.8 Å². The molecule has 0 fully saturated rings. The third kappa shape index (κ3) is 8.10. The zero-order valence-corrected chi connectivity index (χ0v) is 19.5. The summed E-state index contributed by atoms with van der Waals surface area (Å²) < 4.78 is 158. The first-order valence-electron chi connectivity index (χ1n) is 9.04. The molecule has 0 amide bonds. The average Bonchev–Trinajstić information content (AvgIpc) is 2.64. The topological polar surface area (TPSA) is 24.1 Å². The highest BCUT2D eigenvalue weighted by Gasteiger charge is 2.39. The fourth-order valence-electron chi connectivity index (χ4n) is 2.65. The molecule has 2 aromatic carbocycles. The summed E-state index contributed by atoms with van der Waals surface area (Å²) in [4.78, 5) is 0. The summed E-state index contributed by atoms with van der Waals surface area (Å²) in [5.41, 5.74) is -11.9. The Bertz CT molecular complexity index is 961. The molecule has 0 aromatic heterocycles. The molecule has 2 rings (SSSR count). The minimum atomic E-state index is -5.19. The van der Waals surface area contributed by atoms with Crippen molar-refractivity contribution in [3.63, 3.8) is 0 Å². The molecule has 0 aliphatic rings. The normalized spacial score (nSPS) is 13.6. The first-order chi connectivity index (χ1) is 15.6. The van der Waals surface area contributed by atoms with Gasteiger partial charge in [-0.3, -0.25) is 0 Å². The Morgan fingerprint density at radius 3 is 1.06 bits per heavy atom. The summed E-state index contributed by atoms with van der Waals surface area (Å²) in [6, 6.07) is 0.945. The molecule has 0 radical (unpaired) electrons. The van der Waals surface area contributed by atoms with Gasteiger partial charge >= 0.3 is 24.7 Å². The minimum Gasteiger partial charge on any atom is -0.334 e. The van der Waals surface area contributed by atoms with Crippen LogP contribution in [0.2, 0.25) is 0 Å². The summed E-state index contributed by atoms with van der Waals surface area (Å²) in [5.74, 6) is 0.0630. The van der Waals surface area contributed by atoms with Crippen molar-refractivity contribution in [3.05, 3.63) is 58.7 Å². The van der Waals surface area contributed by atoms with Crippen LogP contribution in [0, 0.1) is 0 Å². The van der Waals surface area contributed by atoms with Crippen molar-refractivity contribution in [3.8, 4) is 0 Å². The monoisotopic (exact) mass is 580 g/mol. The van der Waals surface area contributed by atoms with Crippen molar-refractivity contribution >= 4 is 40.1 Å². The van der Waals surface area contributed by atoms with Crippen LogP contribution >= 0.6 is 16.9 Å². The minimum absolute atomic E-state index is 0.0630. The van der Waals surface area contributed by atoms with Crippen LogP contribution in [0.4, 0.5) is 64.1 Å². The van der Waals surface area contributed by atoms with Crippen LogP contribution in [-0.2, 0) is 36.5 Å². The van der Waals surface area contributed by atoms with Gasteiger partial charge in [0.2, 0.25) is 0 Å². The molecule has 0 saturated carbocycles. The third-order valence-electron chi connectivity index (χ3n) is 4.04. The van der Waals surface area contributed by atoms with Gasteiger partial charge in [0.1, 0.15) is 0 Å². The molecule has 2 aromatic rings. The van der Waals surface area contributed by atoms with E-state index < -0.39 is 63.9 Å². The molecule has 0 heterocycles. The second-order valence-corrected chi connectivity index (χ2v) is 13.9. The van der Waals surface area contributed by atoms with E-state index in [9.17, 15) is 52.7 Å². The number of alkyl halides is 12. The van der Waals surface area contributed by atoms with E-state index in [2.05, 4.69) is 10.2 Å². The van der Waals surface area contributed by atoms with Crippen molar-refractivity contribution in [1.29, 1.82) is 0 Å². The molecule has 2 nitrogen and oxygen atoms in total. The van der Waals surface area contributed by atoms with E-state index in [0.29, 0.717) is 35.6 Å². The second kappa shape index (κ2) is 9.92. The first-order valence-corrected chi connectivity index (χ1v) is 13.4. The second-order valence-electron chi connectivity index (χ2n) is 6.78. The van der Waals surface area contributed by atoms with Crippen molar-refractivity contribution < 1.29 is 52.7 Å². The maximum atomic E-state index is 13.1. The number of anilines is 2. The lowest BCUT2D eigenvalue weighted by Gasteiger charge is -2.27. The summed E-state index contributed by atoms with van der Waals surface area (Å²) >= 11 is 5.94. The predicted octanol–water partition coefficient (Wildman–Crippen LogP) is 9.26. The van der Waals surface area contributed by atoms with Crippen molar-refractivity contribution in [1.82, 2.24) is 0 Å². The Labute approximate surface area is 199 Å². The van der Waals surface area contributed by atoms with E-state index >= 15 is 0 Å². The quantitative estimate of drug-likeness (QED) is 0.263. The van der Waals surface area contributed by atoms with Gasteiger partial charge < -0.3 is 10.2 Å². The van der Waals surface area contributed by atoms with Gasteiger partial charge in [-0.2, -0.15) is 52.7 Å². The number of nitrogens with one attached hydrogen (secondary N) is 2. The maximum absolute atomic E-state index is 13.1. The molecule has 17 heteroatoms. The lowest BCUT2D eigenvalue weighted by atomic mass is 10.1. The molecule has 35 heavy (non-hydrogen) atoms. The van der Waals surface area contributed by atoms with Crippen LogP contribution in [0.3, 0.4) is 0 Å². The molecule has 0 unspecified atom stereocenters. The molecule has 0 atom stereocenters. The van der Waals surface area contributed by atoms with Crippen LogP contribution < -0.4 is 10.2 Å². The highest BCUT2D eigenvalue weighted by molar-refractivity contribution is 8.71. The largest absolute Gasteiger partial charge is 0.416 e. The van der Waals surface area contributed by atoms with E-state index in [1.807, 2.05) is 0 Å². The van der Waals surface area contributed by atoms with Crippen molar-refractivity contribution in [2.24, 2.45) is 0 Å². The first kappa shape index (κ1) is 29.4. The summed E-state index contributed by atoms with van der Waals surface area (Å²) in [6.07, 6.45) is -20.7. The predicted molar refractivity (Wildman–Crippen MR) is 113 cm³/mol. The average molecular weight is 580 g/mol. The van der Waals surface area contributed by atoms with E-state index in [1.54, 1.807) is 0 Å². The standard InChI is InChI=1S/C18H13F12N2PS2/c1-2-35-33(34,31-13-5-9(15(19,20)21)3-10(6-13)16(22,23)24)32-14-7-11(17(25,26)27)4-12(8-14)18(28,29)30/h3-8H,2H2,1H3,(H2,31,32,34).